The summed E-state index contributed by atoms with van der Waals surface area (Å²) in [4.78, 5) is 15.1. The quantitative estimate of drug-likeness (QED) is 0.712. The van der Waals surface area contributed by atoms with E-state index in [1.807, 2.05) is 6.92 Å². The second-order valence-electron chi connectivity index (χ2n) is 2.02. The molecule has 60 valence electrons. The van der Waals surface area contributed by atoms with Crippen LogP contribution in [0.25, 0.3) is 0 Å². The number of carboxylic acids is 1. The number of nitrogens with one attached hydrogen (secondary N) is 1. The minimum Gasteiger partial charge on any atom is -0.480 e. The zero-order valence-electron chi connectivity index (χ0n) is 6.00. The Balaban J connectivity index is 2.45. The van der Waals surface area contributed by atoms with Crippen LogP contribution in [0.2, 0.25) is 0 Å². The average molecular weight is 172 g/mol. The average Bonchev–Trinajstić information content (AvgIpc) is 2.31. The fraction of sp³-hybridized carbons (Fsp3) is 0.333. The van der Waals surface area contributed by atoms with Gasteiger partial charge in [-0.2, -0.15) is 0 Å². The van der Waals surface area contributed by atoms with Crippen molar-refractivity contribution in [2.45, 2.75) is 6.92 Å². The van der Waals surface area contributed by atoms with Gasteiger partial charge in [0, 0.05) is 11.1 Å². The highest BCUT2D eigenvalue weighted by atomic mass is 32.1. The predicted octanol–water partition coefficient (Wildman–Crippen LogP) is 0.948. The number of anilines is 1. The molecule has 0 aliphatic carbocycles. The molecule has 0 atom stereocenters. The number of nitrogens with zero attached hydrogens (tertiary/aromatic N) is 1. The molecule has 0 amide bonds. The van der Waals surface area contributed by atoms with E-state index in [0.29, 0.717) is 5.13 Å². The van der Waals surface area contributed by atoms with Crippen molar-refractivity contribution in [3.8, 4) is 0 Å². The van der Waals surface area contributed by atoms with Crippen molar-refractivity contribution >= 4 is 22.4 Å². The molecule has 11 heavy (non-hydrogen) atoms. The van der Waals surface area contributed by atoms with Crippen LogP contribution >= 0.6 is 11.3 Å². The minimum atomic E-state index is -0.877. The van der Waals surface area contributed by atoms with Crippen LogP contribution in [0.1, 0.15) is 4.88 Å². The molecular weight excluding hydrogens is 164 g/mol. The van der Waals surface area contributed by atoms with E-state index in [0.717, 1.165) is 4.88 Å². The summed E-state index contributed by atoms with van der Waals surface area (Å²) in [6.07, 6.45) is 1.70. The molecule has 0 aliphatic heterocycles. The number of rotatable bonds is 3. The molecule has 0 radical (unpaired) electrons. The van der Waals surface area contributed by atoms with E-state index in [9.17, 15) is 4.79 Å². The fourth-order valence-electron chi connectivity index (χ4n) is 0.588. The Morgan fingerprint density at radius 1 is 1.91 bits per heavy atom. The van der Waals surface area contributed by atoms with Gasteiger partial charge in [0.25, 0.3) is 0 Å². The molecule has 0 bridgehead atoms. The first kappa shape index (κ1) is 8.00. The highest BCUT2D eigenvalue weighted by Gasteiger charge is 1.99. The maximum Gasteiger partial charge on any atom is 0.322 e. The molecule has 1 rings (SSSR count). The van der Waals surface area contributed by atoms with E-state index in [-0.39, 0.29) is 6.54 Å². The van der Waals surface area contributed by atoms with Gasteiger partial charge < -0.3 is 10.4 Å². The molecule has 0 fully saturated rings. The van der Waals surface area contributed by atoms with E-state index in [1.165, 1.54) is 11.3 Å². The zero-order chi connectivity index (χ0) is 8.27. The van der Waals surface area contributed by atoms with E-state index in [4.69, 9.17) is 5.11 Å². The van der Waals surface area contributed by atoms with Gasteiger partial charge in [0.2, 0.25) is 0 Å². The number of carboxylic acid groups (broad SMARTS) is 1. The van der Waals surface area contributed by atoms with Crippen molar-refractivity contribution in [1.29, 1.82) is 0 Å². The third kappa shape index (κ3) is 2.55. The van der Waals surface area contributed by atoms with Gasteiger partial charge in [0.1, 0.15) is 6.54 Å². The lowest BCUT2D eigenvalue weighted by molar-refractivity contribution is -0.134. The summed E-state index contributed by atoms with van der Waals surface area (Å²) in [6.45, 7) is 1.84. The molecule has 0 aliphatic rings. The number of aliphatic carboxylic acids is 1. The first-order valence-corrected chi connectivity index (χ1v) is 3.88. The first-order valence-electron chi connectivity index (χ1n) is 3.06. The van der Waals surface area contributed by atoms with Crippen LogP contribution in [-0.4, -0.2) is 22.6 Å². The van der Waals surface area contributed by atoms with Gasteiger partial charge in [-0.3, -0.25) is 4.79 Å². The predicted molar refractivity (Wildman–Crippen MR) is 43.0 cm³/mol. The molecule has 0 unspecified atom stereocenters. The molecular formula is C6H8N2O2S. The summed E-state index contributed by atoms with van der Waals surface area (Å²) in [5.74, 6) is -0.877. The maximum absolute atomic E-state index is 10.1. The van der Waals surface area contributed by atoms with E-state index in [2.05, 4.69) is 10.3 Å². The van der Waals surface area contributed by atoms with Gasteiger partial charge in [-0.05, 0) is 6.92 Å². The standard InChI is InChI=1S/C6H8N2O2S/c1-4-2-7-6(11-4)8-3-5(9)10/h2H,3H2,1H3,(H,7,8)(H,9,10). The smallest absolute Gasteiger partial charge is 0.322 e. The zero-order valence-corrected chi connectivity index (χ0v) is 6.81. The van der Waals surface area contributed by atoms with Crippen LogP contribution in [0.15, 0.2) is 6.20 Å². The lowest BCUT2D eigenvalue weighted by Gasteiger charge is -1.94. The molecule has 4 nitrogen and oxygen atoms in total. The van der Waals surface area contributed by atoms with Gasteiger partial charge in [-0.25, -0.2) is 4.98 Å². The van der Waals surface area contributed by atoms with Gasteiger partial charge in [0.15, 0.2) is 5.13 Å². The molecule has 5 heteroatoms. The monoisotopic (exact) mass is 172 g/mol. The van der Waals surface area contributed by atoms with Crippen LogP contribution < -0.4 is 5.32 Å². The van der Waals surface area contributed by atoms with Crippen LogP contribution in [0.3, 0.4) is 0 Å². The topological polar surface area (TPSA) is 62.2 Å². The second kappa shape index (κ2) is 3.34. The minimum absolute atomic E-state index is 0.0764. The number of hydrogen-bond donors (Lipinski definition) is 2. The molecule has 1 aromatic heterocycles. The number of thiazole rings is 1. The van der Waals surface area contributed by atoms with Crippen LogP contribution in [-0.2, 0) is 4.79 Å². The van der Waals surface area contributed by atoms with E-state index in [1.54, 1.807) is 6.20 Å². The summed E-state index contributed by atoms with van der Waals surface area (Å²) >= 11 is 1.44. The van der Waals surface area contributed by atoms with Gasteiger partial charge in [0.05, 0.1) is 0 Å². The number of hydrogen-bond acceptors (Lipinski definition) is 4. The summed E-state index contributed by atoms with van der Waals surface area (Å²) in [6, 6.07) is 0. The Hall–Kier alpha value is -1.10. The van der Waals surface area contributed by atoms with Crippen molar-refractivity contribution in [1.82, 2.24) is 4.98 Å². The molecule has 1 heterocycles. The van der Waals surface area contributed by atoms with Gasteiger partial charge >= 0.3 is 5.97 Å². The van der Waals surface area contributed by atoms with Gasteiger partial charge in [-0.15, -0.1) is 11.3 Å². The Labute approximate surface area is 67.9 Å². The van der Waals surface area contributed by atoms with Crippen molar-refractivity contribution in [2.24, 2.45) is 0 Å². The summed E-state index contributed by atoms with van der Waals surface area (Å²) in [7, 11) is 0. The van der Waals surface area contributed by atoms with Crippen molar-refractivity contribution < 1.29 is 9.90 Å². The molecule has 0 saturated carbocycles. The summed E-state index contributed by atoms with van der Waals surface area (Å²) in [5.41, 5.74) is 0. The fourth-order valence-corrected chi connectivity index (χ4v) is 1.25. The van der Waals surface area contributed by atoms with E-state index >= 15 is 0 Å². The van der Waals surface area contributed by atoms with Gasteiger partial charge in [-0.1, -0.05) is 0 Å². The first-order chi connectivity index (χ1) is 5.18. The Bertz CT molecular complexity index is 259. The van der Waals surface area contributed by atoms with E-state index < -0.39 is 5.97 Å². The number of aryl methyl sites for hydroxylation is 1. The Kier molecular flexibility index (Phi) is 2.43. The Morgan fingerprint density at radius 2 is 2.64 bits per heavy atom. The van der Waals surface area contributed by atoms with Crippen LogP contribution in [0.5, 0.6) is 0 Å². The Morgan fingerprint density at radius 3 is 3.09 bits per heavy atom. The molecule has 0 saturated heterocycles. The lowest BCUT2D eigenvalue weighted by Crippen LogP contribution is -2.11. The number of aromatic nitrogens is 1. The SMILES string of the molecule is Cc1cnc(NCC(=O)O)s1. The summed E-state index contributed by atoms with van der Waals surface area (Å²) < 4.78 is 0. The maximum atomic E-state index is 10.1. The highest BCUT2D eigenvalue weighted by molar-refractivity contribution is 7.15. The normalized spacial score (nSPS) is 9.55. The summed E-state index contributed by atoms with van der Waals surface area (Å²) in [5, 5.41) is 11.6. The van der Waals surface area contributed by atoms with Crippen molar-refractivity contribution in [3.63, 3.8) is 0 Å². The third-order valence-corrected chi connectivity index (χ3v) is 1.88. The highest BCUT2D eigenvalue weighted by Crippen LogP contribution is 2.15. The van der Waals surface area contributed by atoms with Crippen LogP contribution in [0, 0.1) is 6.92 Å². The molecule has 0 aromatic carbocycles. The second-order valence-corrected chi connectivity index (χ2v) is 3.26. The number of carbonyl (C=O) groups is 1. The van der Waals surface area contributed by atoms with Crippen molar-refractivity contribution in [3.05, 3.63) is 11.1 Å². The van der Waals surface area contributed by atoms with Crippen LogP contribution in [0.4, 0.5) is 5.13 Å². The molecule has 0 spiro atoms. The van der Waals surface area contributed by atoms with Crippen molar-refractivity contribution in [2.75, 3.05) is 11.9 Å². The molecule has 2 N–H and O–H groups in total. The lowest BCUT2D eigenvalue weighted by atomic mass is 10.6. The largest absolute Gasteiger partial charge is 0.480 e. The third-order valence-electron chi connectivity index (χ3n) is 1.01. The molecule has 1 aromatic rings.